The summed E-state index contributed by atoms with van der Waals surface area (Å²) >= 11 is 3.36. The molecule has 0 aliphatic carbocycles. The molecule has 1 atom stereocenters. The Morgan fingerprint density at radius 3 is 2.27 bits per heavy atom. The fourth-order valence-corrected chi connectivity index (χ4v) is 4.03. The van der Waals surface area contributed by atoms with Crippen LogP contribution in [0.5, 0.6) is 0 Å². The predicted octanol–water partition coefficient (Wildman–Crippen LogP) is 5.09. The zero-order chi connectivity index (χ0) is 21.4. The highest BCUT2D eigenvalue weighted by atomic mass is 79.9. The SMILES string of the molecule is Cc1cc(C)cc(N2C(=O)C(=O)/C(=C(/O)c3ccc(Br)cc3)C2c2ccccn2)c1. The first-order valence-electron chi connectivity index (χ1n) is 9.43. The Labute approximate surface area is 182 Å². The highest BCUT2D eigenvalue weighted by molar-refractivity contribution is 9.10. The summed E-state index contributed by atoms with van der Waals surface area (Å²) in [5, 5.41) is 11.0. The zero-order valence-corrected chi connectivity index (χ0v) is 18.1. The van der Waals surface area contributed by atoms with Crippen molar-refractivity contribution in [1.82, 2.24) is 4.98 Å². The Morgan fingerprint density at radius 1 is 1.00 bits per heavy atom. The number of amides is 1. The second-order valence-corrected chi connectivity index (χ2v) is 8.19. The molecule has 1 amide bonds. The van der Waals surface area contributed by atoms with Crippen LogP contribution < -0.4 is 4.90 Å². The van der Waals surface area contributed by atoms with Crippen LogP contribution in [0.25, 0.3) is 5.76 Å². The lowest BCUT2D eigenvalue weighted by atomic mass is 9.98. The number of aromatic nitrogens is 1. The maximum absolute atomic E-state index is 13.1. The summed E-state index contributed by atoms with van der Waals surface area (Å²) < 4.78 is 0.844. The molecule has 6 heteroatoms. The number of benzene rings is 2. The third-order valence-electron chi connectivity index (χ3n) is 5.01. The lowest BCUT2D eigenvalue weighted by Gasteiger charge is -2.25. The van der Waals surface area contributed by atoms with Gasteiger partial charge in [0, 0.05) is 21.9 Å². The molecule has 1 unspecified atom stereocenters. The molecule has 1 fully saturated rings. The van der Waals surface area contributed by atoms with E-state index in [0.29, 0.717) is 16.9 Å². The van der Waals surface area contributed by atoms with Gasteiger partial charge in [-0.2, -0.15) is 0 Å². The van der Waals surface area contributed by atoms with Gasteiger partial charge in [-0.1, -0.05) is 40.2 Å². The first-order chi connectivity index (χ1) is 14.4. The monoisotopic (exact) mass is 462 g/mol. The van der Waals surface area contributed by atoms with Gasteiger partial charge in [0.2, 0.25) is 0 Å². The Morgan fingerprint density at radius 2 is 1.67 bits per heavy atom. The fraction of sp³-hybridized carbons (Fsp3) is 0.125. The average Bonchev–Trinajstić information content (AvgIpc) is 2.99. The number of hydrogen-bond donors (Lipinski definition) is 1. The van der Waals surface area contributed by atoms with Crippen molar-refractivity contribution in [3.05, 3.63) is 99.3 Å². The van der Waals surface area contributed by atoms with Crippen LogP contribution in [-0.2, 0) is 9.59 Å². The second kappa shape index (κ2) is 7.88. The molecule has 5 nitrogen and oxygen atoms in total. The quantitative estimate of drug-likeness (QED) is 0.334. The molecule has 0 saturated carbocycles. The Balaban J connectivity index is 1.96. The Kier molecular flexibility index (Phi) is 5.26. The number of carbonyl (C=O) groups excluding carboxylic acids is 2. The van der Waals surface area contributed by atoms with E-state index in [2.05, 4.69) is 20.9 Å². The van der Waals surface area contributed by atoms with E-state index >= 15 is 0 Å². The lowest BCUT2D eigenvalue weighted by Crippen LogP contribution is -2.30. The summed E-state index contributed by atoms with van der Waals surface area (Å²) in [5.74, 6) is -1.64. The van der Waals surface area contributed by atoms with Gasteiger partial charge in [-0.25, -0.2) is 0 Å². The van der Waals surface area contributed by atoms with Gasteiger partial charge < -0.3 is 5.11 Å². The van der Waals surface area contributed by atoms with Gasteiger partial charge in [0.05, 0.1) is 11.3 Å². The molecule has 2 aromatic carbocycles. The maximum atomic E-state index is 13.1. The second-order valence-electron chi connectivity index (χ2n) is 7.28. The molecule has 0 radical (unpaired) electrons. The minimum Gasteiger partial charge on any atom is -0.507 e. The van der Waals surface area contributed by atoms with E-state index in [-0.39, 0.29) is 11.3 Å². The zero-order valence-electron chi connectivity index (χ0n) is 16.5. The van der Waals surface area contributed by atoms with Crippen LogP contribution in [0, 0.1) is 13.8 Å². The molecule has 1 N–H and O–H groups in total. The summed E-state index contributed by atoms with van der Waals surface area (Å²) in [4.78, 5) is 32.0. The summed E-state index contributed by atoms with van der Waals surface area (Å²) in [5.41, 5.74) is 3.53. The molecule has 1 saturated heterocycles. The first kappa shape index (κ1) is 20.0. The smallest absolute Gasteiger partial charge is 0.300 e. The van der Waals surface area contributed by atoms with Crippen molar-refractivity contribution in [3.63, 3.8) is 0 Å². The molecule has 2 heterocycles. The minimum atomic E-state index is -0.823. The van der Waals surface area contributed by atoms with E-state index in [0.717, 1.165) is 15.6 Å². The van der Waals surface area contributed by atoms with Crippen LogP contribution in [0.1, 0.15) is 28.4 Å². The van der Waals surface area contributed by atoms with Crippen LogP contribution in [0.3, 0.4) is 0 Å². The molecular formula is C24H19BrN2O3. The molecule has 1 aromatic heterocycles. The van der Waals surface area contributed by atoms with Crippen molar-refractivity contribution in [1.29, 1.82) is 0 Å². The van der Waals surface area contributed by atoms with Crippen molar-refractivity contribution >= 4 is 39.1 Å². The highest BCUT2D eigenvalue weighted by Gasteiger charge is 2.47. The van der Waals surface area contributed by atoms with Gasteiger partial charge in [-0.15, -0.1) is 0 Å². The summed E-state index contributed by atoms with van der Waals surface area (Å²) in [7, 11) is 0. The Hall–Kier alpha value is -3.25. The predicted molar refractivity (Wildman–Crippen MR) is 119 cm³/mol. The molecule has 30 heavy (non-hydrogen) atoms. The van der Waals surface area contributed by atoms with Gasteiger partial charge in [-0.3, -0.25) is 19.5 Å². The van der Waals surface area contributed by atoms with Crippen LogP contribution in [-0.4, -0.2) is 21.8 Å². The molecule has 0 bridgehead atoms. The van der Waals surface area contributed by atoms with Gasteiger partial charge in [0.25, 0.3) is 11.7 Å². The molecule has 1 aliphatic rings. The maximum Gasteiger partial charge on any atom is 0.300 e. The first-order valence-corrected chi connectivity index (χ1v) is 10.2. The largest absolute Gasteiger partial charge is 0.507 e. The van der Waals surface area contributed by atoms with Crippen LogP contribution >= 0.6 is 15.9 Å². The number of anilines is 1. The normalized spacial score (nSPS) is 18.1. The van der Waals surface area contributed by atoms with Crippen LogP contribution in [0.4, 0.5) is 5.69 Å². The summed E-state index contributed by atoms with van der Waals surface area (Å²) in [6.07, 6.45) is 1.61. The van der Waals surface area contributed by atoms with E-state index in [9.17, 15) is 14.7 Å². The number of rotatable bonds is 3. The van der Waals surface area contributed by atoms with Crippen molar-refractivity contribution in [3.8, 4) is 0 Å². The molecule has 1 aliphatic heterocycles. The van der Waals surface area contributed by atoms with E-state index < -0.39 is 17.7 Å². The number of pyridine rings is 1. The van der Waals surface area contributed by atoms with Gasteiger partial charge in [0.1, 0.15) is 11.8 Å². The van der Waals surface area contributed by atoms with Crippen LogP contribution in [0.15, 0.2) is 76.9 Å². The molecule has 4 rings (SSSR count). The van der Waals surface area contributed by atoms with E-state index in [4.69, 9.17) is 0 Å². The molecular weight excluding hydrogens is 444 g/mol. The highest BCUT2D eigenvalue weighted by Crippen LogP contribution is 2.41. The number of aliphatic hydroxyl groups excluding tert-OH is 1. The van der Waals surface area contributed by atoms with E-state index in [1.54, 1.807) is 48.7 Å². The number of halogens is 1. The number of ketones is 1. The van der Waals surface area contributed by atoms with Gasteiger partial charge in [0.15, 0.2) is 0 Å². The van der Waals surface area contributed by atoms with Crippen molar-refractivity contribution in [2.24, 2.45) is 0 Å². The van der Waals surface area contributed by atoms with E-state index in [1.165, 1.54) is 4.90 Å². The topological polar surface area (TPSA) is 70.5 Å². The summed E-state index contributed by atoms with van der Waals surface area (Å²) in [6, 6.07) is 17.1. The van der Waals surface area contributed by atoms with Gasteiger partial charge >= 0.3 is 0 Å². The minimum absolute atomic E-state index is 0.0279. The van der Waals surface area contributed by atoms with Crippen molar-refractivity contribution in [2.45, 2.75) is 19.9 Å². The fourth-order valence-electron chi connectivity index (χ4n) is 3.77. The summed E-state index contributed by atoms with van der Waals surface area (Å²) in [6.45, 7) is 3.87. The molecule has 150 valence electrons. The number of aryl methyl sites for hydroxylation is 2. The number of aliphatic hydroxyl groups is 1. The molecule has 0 spiro atoms. The average molecular weight is 463 g/mol. The third-order valence-corrected chi connectivity index (χ3v) is 5.54. The van der Waals surface area contributed by atoms with Crippen LogP contribution in [0.2, 0.25) is 0 Å². The molecule has 3 aromatic rings. The Bertz CT molecular complexity index is 1150. The number of carbonyl (C=O) groups is 2. The number of hydrogen-bond acceptors (Lipinski definition) is 4. The van der Waals surface area contributed by atoms with E-state index in [1.807, 2.05) is 32.0 Å². The number of Topliss-reactive ketones (excluding diaryl/α,β-unsaturated/α-hetero) is 1. The van der Waals surface area contributed by atoms with Crippen molar-refractivity contribution in [2.75, 3.05) is 4.90 Å². The van der Waals surface area contributed by atoms with Gasteiger partial charge in [-0.05, 0) is 61.4 Å². The number of nitrogens with zero attached hydrogens (tertiary/aromatic N) is 2. The van der Waals surface area contributed by atoms with Crippen molar-refractivity contribution < 1.29 is 14.7 Å². The third kappa shape index (κ3) is 3.55. The standard InChI is InChI=1S/C24H19BrN2O3/c1-14-11-15(2)13-18(12-14)27-21(19-5-3-4-10-26-19)20(23(29)24(27)30)22(28)16-6-8-17(25)9-7-16/h3-13,21,28H,1-2H3/b22-20+. The lowest BCUT2D eigenvalue weighted by molar-refractivity contribution is -0.132.